The Hall–Kier alpha value is -0.620. The summed E-state index contributed by atoms with van der Waals surface area (Å²) in [6.07, 6.45) is 0. The number of rotatable bonds is 4. The maximum atomic E-state index is 11.2. The summed E-state index contributed by atoms with van der Waals surface area (Å²) in [7, 11) is -0.173. The molecule has 0 aromatic carbocycles. The van der Waals surface area contributed by atoms with Crippen LogP contribution < -0.4 is 4.72 Å². The zero-order valence-electron chi connectivity index (χ0n) is 8.36. The van der Waals surface area contributed by atoms with Crippen molar-refractivity contribution in [3.05, 3.63) is 0 Å². The molecular formula is C7H16N2O3S. The van der Waals surface area contributed by atoms with Crippen molar-refractivity contribution in [2.75, 3.05) is 20.6 Å². The number of hydrogen-bond acceptors (Lipinski definition) is 3. The zero-order valence-corrected chi connectivity index (χ0v) is 9.18. The number of sulfonamides is 1. The molecule has 0 aliphatic heterocycles. The summed E-state index contributed by atoms with van der Waals surface area (Å²) in [6, 6.07) is 0. The van der Waals surface area contributed by atoms with Crippen molar-refractivity contribution in [1.29, 1.82) is 0 Å². The lowest BCUT2D eigenvalue weighted by molar-refractivity contribution is -0.127. The predicted molar refractivity (Wildman–Crippen MR) is 50.8 cm³/mol. The van der Waals surface area contributed by atoms with Crippen molar-refractivity contribution in [3.8, 4) is 0 Å². The summed E-state index contributed by atoms with van der Waals surface area (Å²) in [5, 5.41) is -0.512. The number of nitrogens with one attached hydrogen (secondary N) is 1. The fourth-order valence-electron chi connectivity index (χ4n) is 0.487. The Balaban J connectivity index is 4.12. The van der Waals surface area contributed by atoms with E-state index < -0.39 is 15.3 Å². The molecule has 0 spiro atoms. The molecule has 0 unspecified atom stereocenters. The highest BCUT2D eigenvalue weighted by molar-refractivity contribution is 7.90. The molecule has 0 aromatic heterocycles. The molecule has 0 aliphatic carbocycles. The first-order valence-corrected chi connectivity index (χ1v) is 5.50. The van der Waals surface area contributed by atoms with Crippen LogP contribution in [0.4, 0.5) is 0 Å². The highest BCUT2D eigenvalue weighted by Gasteiger charge is 2.16. The van der Waals surface area contributed by atoms with Gasteiger partial charge in [-0.25, -0.2) is 13.1 Å². The van der Waals surface area contributed by atoms with Gasteiger partial charge in [0, 0.05) is 14.1 Å². The van der Waals surface area contributed by atoms with Crippen molar-refractivity contribution in [3.63, 3.8) is 0 Å². The van der Waals surface area contributed by atoms with E-state index in [2.05, 4.69) is 4.72 Å². The fourth-order valence-corrected chi connectivity index (χ4v) is 1.15. The minimum Gasteiger partial charge on any atom is -0.348 e. The van der Waals surface area contributed by atoms with Crippen molar-refractivity contribution in [2.45, 2.75) is 19.1 Å². The van der Waals surface area contributed by atoms with Gasteiger partial charge in [0.15, 0.2) is 0 Å². The fraction of sp³-hybridized carbons (Fsp3) is 0.857. The van der Waals surface area contributed by atoms with E-state index in [-0.39, 0.29) is 12.5 Å². The Morgan fingerprint density at radius 2 is 1.85 bits per heavy atom. The normalized spacial score (nSPS) is 11.8. The summed E-state index contributed by atoms with van der Waals surface area (Å²) < 4.78 is 24.6. The van der Waals surface area contributed by atoms with Crippen LogP contribution in [0.3, 0.4) is 0 Å². The van der Waals surface area contributed by atoms with Gasteiger partial charge in [0.25, 0.3) is 0 Å². The molecule has 1 amide bonds. The molecule has 6 heteroatoms. The van der Waals surface area contributed by atoms with Crippen LogP contribution in [0.5, 0.6) is 0 Å². The molecule has 0 aliphatic rings. The van der Waals surface area contributed by atoms with Gasteiger partial charge in [-0.1, -0.05) is 0 Å². The summed E-state index contributed by atoms with van der Waals surface area (Å²) in [4.78, 5) is 12.3. The molecule has 0 saturated heterocycles. The van der Waals surface area contributed by atoms with Gasteiger partial charge < -0.3 is 4.90 Å². The van der Waals surface area contributed by atoms with Gasteiger partial charge in [0.1, 0.15) is 0 Å². The van der Waals surface area contributed by atoms with E-state index >= 15 is 0 Å². The van der Waals surface area contributed by atoms with Gasteiger partial charge in [-0.05, 0) is 13.8 Å². The van der Waals surface area contributed by atoms with E-state index in [4.69, 9.17) is 0 Å². The number of carbonyl (C=O) groups excluding carboxylic acids is 1. The van der Waals surface area contributed by atoms with Gasteiger partial charge >= 0.3 is 0 Å². The van der Waals surface area contributed by atoms with Crippen LogP contribution in [0.1, 0.15) is 13.8 Å². The number of amides is 1. The van der Waals surface area contributed by atoms with Gasteiger partial charge in [-0.2, -0.15) is 0 Å². The molecule has 1 N–H and O–H groups in total. The van der Waals surface area contributed by atoms with Crippen LogP contribution in [-0.4, -0.2) is 45.1 Å². The van der Waals surface area contributed by atoms with Gasteiger partial charge in [-0.15, -0.1) is 0 Å². The third-order valence-electron chi connectivity index (χ3n) is 1.54. The van der Waals surface area contributed by atoms with E-state index in [1.807, 2.05) is 0 Å². The van der Waals surface area contributed by atoms with Gasteiger partial charge in [0.05, 0.1) is 11.8 Å². The molecular weight excluding hydrogens is 192 g/mol. The standard InChI is InChI=1S/C7H16N2O3S/c1-6(2)13(11,12)8-5-7(10)9(3)4/h6,8H,5H2,1-4H3. The predicted octanol–water partition coefficient (Wildman–Crippen LogP) is -0.598. The molecule has 0 radical (unpaired) electrons. The number of carbonyl (C=O) groups is 1. The molecule has 0 atom stereocenters. The second-order valence-corrected chi connectivity index (χ2v) is 5.52. The van der Waals surface area contributed by atoms with Crippen LogP contribution in [0.25, 0.3) is 0 Å². The quantitative estimate of drug-likeness (QED) is 0.671. The largest absolute Gasteiger partial charge is 0.348 e. The third-order valence-corrected chi connectivity index (χ3v) is 3.33. The van der Waals surface area contributed by atoms with E-state index in [1.54, 1.807) is 27.9 Å². The molecule has 0 fully saturated rings. The van der Waals surface area contributed by atoms with Crippen molar-refractivity contribution >= 4 is 15.9 Å². The SMILES string of the molecule is CC(C)S(=O)(=O)NCC(=O)N(C)C. The highest BCUT2D eigenvalue weighted by atomic mass is 32.2. The zero-order chi connectivity index (χ0) is 10.6. The van der Waals surface area contributed by atoms with Crippen LogP contribution in [-0.2, 0) is 14.8 Å². The molecule has 0 saturated carbocycles. The van der Waals surface area contributed by atoms with Crippen molar-refractivity contribution in [2.24, 2.45) is 0 Å². The lowest BCUT2D eigenvalue weighted by atomic mass is 10.6. The molecule has 0 bridgehead atoms. The Bertz CT molecular complexity index is 269. The van der Waals surface area contributed by atoms with E-state index in [1.165, 1.54) is 4.90 Å². The van der Waals surface area contributed by atoms with E-state index in [0.29, 0.717) is 0 Å². The summed E-state index contributed by atoms with van der Waals surface area (Å²) in [5.41, 5.74) is 0. The van der Waals surface area contributed by atoms with Crippen molar-refractivity contribution < 1.29 is 13.2 Å². The maximum absolute atomic E-state index is 11.2. The molecule has 0 aromatic rings. The topological polar surface area (TPSA) is 66.5 Å². The minimum atomic E-state index is -3.32. The van der Waals surface area contributed by atoms with Crippen LogP contribution in [0.15, 0.2) is 0 Å². The second-order valence-electron chi connectivity index (χ2n) is 3.20. The third kappa shape index (κ3) is 4.23. The van der Waals surface area contributed by atoms with Crippen molar-refractivity contribution in [1.82, 2.24) is 9.62 Å². The summed E-state index contributed by atoms with van der Waals surface area (Å²) in [6.45, 7) is 2.94. The van der Waals surface area contributed by atoms with Gasteiger partial charge in [-0.3, -0.25) is 4.79 Å². The molecule has 0 heterocycles. The first-order valence-electron chi connectivity index (χ1n) is 3.96. The lowest BCUT2D eigenvalue weighted by Crippen LogP contribution is -2.39. The lowest BCUT2D eigenvalue weighted by Gasteiger charge is -2.12. The van der Waals surface area contributed by atoms with E-state index in [9.17, 15) is 13.2 Å². The maximum Gasteiger partial charge on any atom is 0.237 e. The van der Waals surface area contributed by atoms with Crippen LogP contribution in [0.2, 0.25) is 0 Å². The average Bonchev–Trinajstić information content (AvgIpc) is 1.99. The molecule has 0 rings (SSSR count). The average molecular weight is 208 g/mol. The number of likely N-dealkylation sites (N-methyl/N-ethyl adjacent to an activating group) is 1. The summed E-state index contributed by atoms with van der Waals surface area (Å²) >= 11 is 0. The Kier molecular flexibility index (Phi) is 4.35. The van der Waals surface area contributed by atoms with Crippen LogP contribution in [0, 0.1) is 0 Å². The summed E-state index contributed by atoms with van der Waals surface area (Å²) in [5.74, 6) is -0.260. The molecule has 5 nitrogen and oxygen atoms in total. The minimum absolute atomic E-state index is 0.173. The molecule has 78 valence electrons. The van der Waals surface area contributed by atoms with E-state index in [0.717, 1.165) is 0 Å². The Labute approximate surface area is 79.2 Å². The Morgan fingerprint density at radius 1 is 1.38 bits per heavy atom. The first-order chi connectivity index (χ1) is 5.77. The smallest absolute Gasteiger partial charge is 0.237 e. The number of nitrogens with zero attached hydrogens (tertiary/aromatic N) is 1. The van der Waals surface area contributed by atoms with Crippen LogP contribution >= 0.6 is 0 Å². The monoisotopic (exact) mass is 208 g/mol. The molecule has 13 heavy (non-hydrogen) atoms. The first kappa shape index (κ1) is 12.4. The van der Waals surface area contributed by atoms with Gasteiger partial charge in [0.2, 0.25) is 15.9 Å². The Morgan fingerprint density at radius 3 is 2.15 bits per heavy atom. The number of hydrogen-bond donors (Lipinski definition) is 1. The highest BCUT2D eigenvalue weighted by Crippen LogP contribution is 1.94. The second kappa shape index (κ2) is 4.57.